The SMILES string of the molecule is Cc1cc2c(cc1C)CC(C[C@H]1CN=CN1)C2. The van der Waals surface area contributed by atoms with E-state index in [1.54, 1.807) is 11.1 Å². The highest BCUT2D eigenvalue weighted by atomic mass is 15.1. The lowest BCUT2D eigenvalue weighted by Crippen LogP contribution is -2.27. The number of rotatable bonds is 2. The first kappa shape index (κ1) is 10.8. The molecule has 1 atom stereocenters. The maximum atomic E-state index is 4.25. The summed E-state index contributed by atoms with van der Waals surface area (Å²) in [7, 11) is 0. The fraction of sp³-hybridized carbons (Fsp3) is 0.533. The Morgan fingerprint density at radius 2 is 1.82 bits per heavy atom. The molecule has 0 aromatic heterocycles. The molecule has 1 aromatic carbocycles. The van der Waals surface area contributed by atoms with E-state index in [2.05, 4.69) is 36.3 Å². The monoisotopic (exact) mass is 228 g/mol. The highest BCUT2D eigenvalue weighted by molar-refractivity contribution is 5.57. The van der Waals surface area contributed by atoms with E-state index in [0.29, 0.717) is 6.04 Å². The number of benzene rings is 1. The van der Waals surface area contributed by atoms with Gasteiger partial charge >= 0.3 is 0 Å². The molecule has 2 nitrogen and oxygen atoms in total. The van der Waals surface area contributed by atoms with Crippen molar-refractivity contribution < 1.29 is 0 Å². The van der Waals surface area contributed by atoms with E-state index in [9.17, 15) is 0 Å². The maximum absolute atomic E-state index is 4.25. The molecule has 0 radical (unpaired) electrons. The summed E-state index contributed by atoms with van der Waals surface area (Å²) in [6.45, 7) is 5.40. The van der Waals surface area contributed by atoms with E-state index < -0.39 is 0 Å². The van der Waals surface area contributed by atoms with Crippen LogP contribution in [0, 0.1) is 19.8 Å². The first-order valence-corrected chi connectivity index (χ1v) is 6.55. The van der Waals surface area contributed by atoms with Gasteiger partial charge in [0.15, 0.2) is 0 Å². The van der Waals surface area contributed by atoms with Crippen molar-refractivity contribution in [3.05, 3.63) is 34.4 Å². The molecule has 3 rings (SSSR count). The van der Waals surface area contributed by atoms with Crippen LogP contribution in [0.15, 0.2) is 17.1 Å². The Labute approximate surface area is 103 Å². The zero-order valence-corrected chi connectivity index (χ0v) is 10.7. The molecule has 2 aliphatic rings. The average Bonchev–Trinajstić information content (AvgIpc) is 2.89. The summed E-state index contributed by atoms with van der Waals surface area (Å²) in [5, 5.41) is 3.34. The zero-order chi connectivity index (χ0) is 11.8. The second-order valence-electron chi connectivity index (χ2n) is 5.57. The summed E-state index contributed by atoms with van der Waals surface area (Å²) in [6, 6.07) is 5.36. The number of hydrogen-bond donors (Lipinski definition) is 1. The van der Waals surface area contributed by atoms with Crippen molar-refractivity contribution in [1.82, 2.24) is 5.32 Å². The van der Waals surface area contributed by atoms with Gasteiger partial charge < -0.3 is 5.32 Å². The largest absolute Gasteiger partial charge is 0.372 e. The average molecular weight is 228 g/mol. The van der Waals surface area contributed by atoms with Crippen LogP contribution in [0.5, 0.6) is 0 Å². The van der Waals surface area contributed by atoms with Crippen LogP contribution in [0.25, 0.3) is 0 Å². The molecule has 1 aromatic rings. The molecule has 0 saturated heterocycles. The summed E-state index contributed by atoms with van der Waals surface area (Å²) in [5.41, 5.74) is 6.03. The van der Waals surface area contributed by atoms with Gasteiger partial charge in [-0.05, 0) is 61.3 Å². The van der Waals surface area contributed by atoms with Crippen molar-refractivity contribution in [3.63, 3.8) is 0 Å². The van der Waals surface area contributed by atoms with Gasteiger partial charge in [0.2, 0.25) is 0 Å². The highest BCUT2D eigenvalue weighted by Crippen LogP contribution is 2.31. The molecule has 0 saturated carbocycles. The predicted molar refractivity (Wildman–Crippen MR) is 71.7 cm³/mol. The van der Waals surface area contributed by atoms with Crippen molar-refractivity contribution >= 4 is 6.34 Å². The third-order valence-electron chi connectivity index (χ3n) is 4.18. The summed E-state index contributed by atoms with van der Waals surface area (Å²) >= 11 is 0. The standard InChI is InChI=1S/C15H20N2/c1-10-3-13-5-12(6-14(13)4-11(10)2)7-15-8-16-9-17-15/h3-4,9,12,15H,5-8H2,1-2H3,(H,16,17)/t15-/m0/s1. The first-order valence-electron chi connectivity index (χ1n) is 6.55. The van der Waals surface area contributed by atoms with Gasteiger partial charge in [0.1, 0.15) is 0 Å². The van der Waals surface area contributed by atoms with Crippen LogP contribution < -0.4 is 5.32 Å². The Morgan fingerprint density at radius 1 is 1.18 bits per heavy atom. The third kappa shape index (κ3) is 2.08. The van der Waals surface area contributed by atoms with Gasteiger partial charge in [-0.1, -0.05) is 12.1 Å². The lowest BCUT2D eigenvalue weighted by Gasteiger charge is -2.14. The minimum Gasteiger partial charge on any atom is -0.372 e. The first-order chi connectivity index (χ1) is 8.22. The smallest absolute Gasteiger partial charge is 0.0827 e. The third-order valence-corrected chi connectivity index (χ3v) is 4.18. The maximum Gasteiger partial charge on any atom is 0.0827 e. The van der Waals surface area contributed by atoms with E-state index in [0.717, 1.165) is 12.5 Å². The quantitative estimate of drug-likeness (QED) is 0.826. The zero-order valence-electron chi connectivity index (χ0n) is 10.7. The van der Waals surface area contributed by atoms with Gasteiger partial charge in [0.25, 0.3) is 0 Å². The molecule has 0 bridgehead atoms. The highest BCUT2D eigenvalue weighted by Gasteiger charge is 2.25. The number of nitrogens with zero attached hydrogens (tertiary/aromatic N) is 1. The normalized spacial score (nSPS) is 22.8. The summed E-state index contributed by atoms with van der Waals surface area (Å²) < 4.78 is 0. The lowest BCUT2D eigenvalue weighted by molar-refractivity contribution is 0.445. The Bertz CT molecular complexity index is 423. The van der Waals surface area contributed by atoms with Crippen molar-refractivity contribution in [2.24, 2.45) is 10.9 Å². The molecule has 1 aliphatic heterocycles. The number of nitrogens with one attached hydrogen (secondary N) is 1. The molecule has 0 amide bonds. The number of aryl methyl sites for hydroxylation is 2. The second kappa shape index (κ2) is 4.17. The minimum atomic E-state index is 0.580. The van der Waals surface area contributed by atoms with Crippen LogP contribution in [0.4, 0.5) is 0 Å². The molecule has 1 heterocycles. The molecule has 1 aliphatic carbocycles. The Morgan fingerprint density at radius 3 is 2.35 bits per heavy atom. The number of aliphatic imine (C=N–C) groups is 1. The van der Waals surface area contributed by atoms with Crippen molar-refractivity contribution in [3.8, 4) is 0 Å². The lowest BCUT2D eigenvalue weighted by atomic mass is 9.97. The Balaban J connectivity index is 1.70. The van der Waals surface area contributed by atoms with Crippen LogP contribution in [-0.4, -0.2) is 18.9 Å². The van der Waals surface area contributed by atoms with Crippen molar-refractivity contribution in [2.75, 3.05) is 6.54 Å². The van der Waals surface area contributed by atoms with E-state index in [1.807, 2.05) is 6.34 Å². The minimum absolute atomic E-state index is 0.580. The molecule has 1 N–H and O–H groups in total. The van der Waals surface area contributed by atoms with Gasteiger partial charge in [-0.2, -0.15) is 0 Å². The predicted octanol–water partition coefficient (Wildman–Crippen LogP) is 2.41. The Kier molecular flexibility index (Phi) is 2.65. The second-order valence-corrected chi connectivity index (χ2v) is 5.57. The molecule has 90 valence electrons. The van der Waals surface area contributed by atoms with Crippen LogP contribution in [0.1, 0.15) is 28.7 Å². The topological polar surface area (TPSA) is 24.4 Å². The molecular formula is C15H20N2. The molecule has 0 spiro atoms. The Hall–Kier alpha value is -1.31. The van der Waals surface area contributed by atoms with Crippen LogP contribution in [0.2, 0.25) is 0 Å². The van der Waals surface area contributed by atoms with Crippen LogP contribution in [-0.2, 0) is 12.8 Å². The van der Waals surface area contributed by atoms with E-state index in [-0.39, 0.29) is 0 Å². The van der Waals surface area contributed by atoms with Gasteiger partial charge in [-0.25, -0.2) is 0 Å². The van der Waals surface area contributed by atoms with Gasteiger partial charge in [0, 0.05) is 6.04 Å². The summed E-state index contributed by atoms with van der Waals surface area (Å²) in [6.07, 6.45) is 5.64. The van der Waals surface area contributed by atoms with Gasteiger partial charge in [0.05, 0.1) is 12.9 Å². The van der Waals surface area contributed by atoms with E-state index >= 15 is 0 Å². The van der Waals surface area contributed by atoms with Gasteiger partial charge in [-0.3, -0.25) is 4.99 Å². The van der Waals surface area contributed by atoms with Crippen LogP contribution in [0.3, 0.4) is 0 Å². The van der Waals surface area contributed by atoms with Crippen molar-refractivity contribution in [1.29, 1.82) is 0 Å². The van der Waals surface area contributed by atoms with Crippen LogP contribution >= 0.6 is 0 Å². The number of hydrogen-bond acceptors (Lipinski definition) is 2. The summed E-state index contributed by atoms with van der Waals surface area (Å²) in [4.78, 5) is 4.25. The van der Waals surface area contributed by atoms with E-state index in [4.69, 9.17) is 0 Å². The van der Waals surface area contributed by atoms with Crippen molar-refractivity contribution in [2.45, 2.75) is 39.2 Å². The molecule has 2 heteroatoms. The fourth-order valence-corrected chi connectivity index (χ4v) is 3.11. The molecule has 0 fully saturated rings. The molecule has 17 heavy (non-hydrogen) atoms. The van der Waals surface area contributed by atoms with E-state index in [1.165, 1.54) is 30.4 Å². The summed E-state index contributed by atoms with van der Waals surface area (Å²) in [5.74, 6) is 0.811. The number of fused-ring (bicyclic) bond motifs is 1. The van der Waals surface area contributed by atoms with Gasteiger partial charge in [-0.15, -0.1) is 0 Å². The fourth-order valence-electron chi connectivity index (χ4n) is 3.11. The molecule has 0 unspecified atom stereocenters. The molecular weight excluding hydrogens is 208 g/mol.